The maximum Gasteiger partial charge on any atom is 0.228 e. The van der Waals surface area contributed by atoms with Crippen molar-refractivity contribution >= 4 is 29.3 Å². The quantitative estimate of drug-likeness (QED) is 0.849. The SMILES string of the molecule is COc1ccc(N2CC(C(=O)N3CCSCC3)CC2=O)cc1. The molecule has 0 bridgehead atoms. The van der Waals surface area contributed by atoms with E-state index in [0.29, 0.717) is 13.0 Å². The number of benzene rings is 1. The van der Waals surface area contributed by atoms with E-state index in [1.54, 1.807) is 12.0 Å². The predicted molar refractivity (Wildman–Crippen MR) is 87.4 cm³/mol. The van der Waals surface area contributed by atoms with Crippen LogP contribution in [0, 0.1) is 5.92 Å². The molecule has 22 heavy (non-hydrogen) atoms. The number of amides is 2. The van der Waals surface area contributed by atoms with E-state index in [1.165, 1.54) is 0 Å². The molecular weight excluding hydrogens is 300 g/mol. The minimum Gasteiger partial charge on any atom is -0.497 e. The molecule has 1 atom stereocenters. The summed E-state index contributed by atoms with van der Waals surface area (Å²) in [5.41, 5.74) is 0.829. The highest BCUT2D eigenvalue weighted by atomic mass is 32.2. The predicted octanol–water partition coefficient (Wildman–Crippen LogP) is 1.62. The van der Waals surface area contributed by atoms with Gasteiger partial charge in [0.15, 0.2) is 0 Å². The largest absolute Gasteiger partial charge is 0.497 e. The zero-order chi connectivity index (χ0) is 15.5. The molecule has 3 rings (SSSR count). The molecule has 0 aromatic heterocycles. The maximum atomic E-state index is 12.5. The van der Waals surface area contributed by atoms with Crippen molar-refractivity contribution in [3.63, 3.8) is 0 Å². The summed E-state index contributed by atoms with van der Waals surface area (Å²) >= 11 is 1.88. The molecular formula is C16H20N2O3S. The molecule has 6 heteroatoms. The molecule has 0 N–H and O–H groups in total. The lowest BCUT2D eigenvalue weighted by atomic mass is 10.1. The van der Waals surface area contributed by atoms with E-state index in [2.05, 4.69) is 0 Å². The van der Waals surface area contributed by atoms with Crippen molar-refractivity contribution in [2.45, 2.75) is 6.42 Å². The summed E-state index contributed by atoms with van der Waals surface area (Å²) in [4.78, 5) is 28.4. The van der Waals surface area contributed by atoms with Gasteiger partial charge in [0.05, 0.1) is 13.0 Å². The number of rotatable bonds is 3. The van der Waals surface area contributed by atoms with Crippen LogP contribution in [-0.2, 0) is 9.59 Å². The smallest absolute Gasteiger partial charge is 0.228 e. The number of methoxy groups -OCH3 is 1. The number of anilines is 1. The number of carbonyl (C=O) groups excluding carboxylic acids is 2. The number of carbonyl (C=O) groups is 2. The van der Waals surface area contributed by atoms with Gasteiger partial charge in [-0.15, -0.1) is 0 Å². The van der Waals surface area contributed by atoms with Crippen LogP contribution in [0.1, 0.15) is 6.42 Å². The van der Waals surface area contributed by atoms with Crippen LogP contribution in [0.15, 0.2) is 24.3 Å². The fourth-order valence-corrected chi connectivity index (χ4v) is 3.83. The highest BCUT2D eigenvalue weighted by Crippen LogP contribution is 2.28. The van der Waals surface area contributed by atoms with Gasteiger partial charge >= 0.3 is 0 Å². The first kappa shape index (κ1) is 15.2. The maximum absolute atomic E-state index is 12.5. The third-order valence-electron chi connectivity index (χ3n) is 4.18. The van der Waals surface area contributed by atoms with E-state index in [-0.39, 0.29) is 17.7 Å². The van der Waals surface area contributed by atoms with E-state index in [0.717, 1.165) is 36.0 Å². The van der Waals surface area contributed by atoms with Gasteiger partial charge in [0, 0.05) is 43.2 Å². The average molecular weight is 320 g/mol. The van der Waals surface area contributed by atoms with Gasteiger partial charge in [-0.1, -0.05) is 0 Å². The third kappa shape index (κ3) is 3.06. The Bertz CT molecular complexity index is 555. The lowest BCUT2D eigenvalue weighted by Gasteiger charge is -2.28. The molecule has 2 saturated heterocycles. The van der Waals surface area contributed by atoms with E-state index < -0.39 is 0 Å². The normalized spacial score (nSPS) is 22.0. The zero-order valence-corrected chi connectivity index (χ0v) is 13.5. The van der Waals surface area contributed by atoms with Crippen LogP contribution < -0.4 is 9.64 Å². The lowest BCUT2D eigenvalue weighted by Crippen LogP contribution is -2.42. The summed E-state index contributed by atoms with van der Waals surface area (Å²) in [6, 6.07) is 7.39. The van der Waals surface area contributed by atoms with Gasteiger partial charge in [-0.3, -0.25) is 9.59 Å². The first-order chi connectivity index (χ1) is 10.7. The second-order valence-corrected chi connectivity index (χ2v) is 6.77. The van der Waals surface area contributed by atoms with Crippen molar-refractivity contribution in [3.8, 4) is 5.75 Å². The van der Waals surface area contributed by atoms with Crippen LogP contribution in [0.4, 0.5) is 5.69 Å². The molecule has 5 nitrogen and oxygen atoms in total. The van der Waals surface area contributed by atoms with E-state index in [9.17, 15) is 9.59 Å². The van der Waals surface area contributed by atoms with Crippen LogP contribution in [-0.4, -0.2) is 55.0 Å². The van der Waals surface area contributed by atoms with Gasteiger partial charge in [-0.25, -0.2) is 0 Å². The van der Waals surface area contributed by atoms with Crippen molar-refractivity contribution in [2.24, 2.45) is 5.92 Å². The van der Waals surface area contributed by atoms with Crippen LogP contribution in [0.5, 0.6) is 5.75 Å². The minimum absolute atomic E-state index is 0.0231. The molecule has 2 amide bonds. The highest BCUT2D eigenvalue weighted by Gasteiger charge is 2.37. The fraction of sp³-hybridized carbons (Fsp3) is 0.500. The van der Waals surface area contributed by atoms with Crippen molar-refractivity contribution in [1.82, 2.24) is 4.90 Å². The number of nitrogens with zero attached hydrogens (tertiary/aromatic N) is 2. The Morgan fingerprint density at radius 1 is 1.23 bits per heavy atom. The lowest BCUT2D eigenvalue weighted by molar-refractivity contribution is -0.135. The average Bonchev–Trinajstić information content (AvgIpc) is 2.97. The van der Waals surface area contributed by atoms with Gasteiger partial charge in [0.2, 0.25) is 11.8 Å². The van der Waals surface area contributed by atoms with Crippen molar-refractivity contribution in [1.29, 1.82) is 0 Å². The van der Waals surface area contributed by atoms with Crippen LogP contribution >= 0.6 is 11.8 Å². The minimum atomic E-state index is -0.210. The highest BCUT2D eigenvalue weighted by molar-refractivity contribution is 7.99. The summed E-state index contributed by atoms with van der Waals surface area (Å²) in [5.74, 6) is 2.69. The number of hydrogen-bond acceptors (Lipinski definition) is 4. The first-order valence-corrected chi connectivity index (χ1v) is 8.65. The molecule has 0 aliphatic carbocycles. The Morgan fingerprint density at radius 2 is 1.91 bits per heavy atom. The zero-order valence-electron chi connectivity index (χ0n) is 12.7. The summed E-state index contributed by atoms with van der Waals surface area (Å²) in [5, 5.41) is 0. The van der Waals surface area contributed by atoms with Gasteiger partial charge in [-0.05, 0) is 24.3 Å². The molecule has 0 radical (unpaired) electrons. The van der Waals surface area contributed by atoms with Crippen molar-refractivity contribution in [3.05, 3.63) is 24.3 Å². The Morgan fingerprint density at radius 3 is 2.55 bits per heavy atom. The molecule has 2 aliphatic heterocycles. The fourth-order valence-electron chi connectivity index (χ4n) is 2.93. The Hall–Kier alpha value is -1.69. The third-order valence-corrected chi connectivity index (χ3v) is 5.12. The molecule has 2 aliphatic rings. The topological polar surface area (TPSA) is 49.9 Å². The van der Waals surface area contributed by atoms with Crippen LogP contribution in [0.25, 0.3) is 0 Å². The van der Waals surface area contributed by atoms with E-state index in [4.69, 9.17) is 4.74 Å². The number of hydrogen-bond donors (Lipinski definition) is 0. The Kier molecular flexibility index (Phi) is 4.57. The molecule has 1 aromatic rings. The van der Waals surface area contributed by atoms with Gasteiger partial charge in [-0.2, -0.15) is 11.8 Å². The molecule has 0 spiro atoms. The van der Waals surface area contributed by atoms with E-state index in [1.807, 2.05) is 40.9 Å². The van der Waals surface area contributed by atoms with Gasteiger partial charge < -0.3 is 14.5 Å². The van der Waals surface area contributed by atoms with Crippen molar-refractivity contribution in [2.75, 3.05) is 43.1 Å². The van der Waals surface area contributed by atoms with Crippen LogP contribution in [0.3, 0.4) is 0 Å². The van der Waals surface area contributed by atoms with E-state index >= 15 is 0 Å². The summed E-state index contributed by atoms with van der Waals surface area (Å²) in [7, 11) is 1.61. The number of thioether (sulfide) groups is 1. The van der Waals surface area contributed by atoms with Crippen molar-refractivity contribution < 1.29 is 14.3 Å². The molecule has 0 saturated carbocycles. The summed E-state index contributed by atoms with van der Waals surface area (Å²) < 4.78 is 5.13. The Balaban J connectivity index is 1.68. The second-order valence-electron chi connectivity index (χ2n) is 5.54. The van der Waals surface area contributed by atoms with Crippen LogP contribution in [0.2, 0.25) is 0 Å². The summed E-state index contributed by atoms with van der Waals surface area (Å²) in [6.45, 7) is 2.08. The molecule has 1 unspecified atom stereocenters. The van der Waals surface area contributed by atoms with Gasteiger partial charge in [0.25, 0.3) is 0 Å². The monoisotopic (exact) mass is 320 g/mol. The second kappa shape index (κ2) is 6.60. The first-order valence-electron chi connectivity index (χ1n) is 7.50. The standard InChI is InChI=1S/C16H20N2O3S/c1-21-14-4-2-13(3-5-14)18-11-12(10-15(18)19)16(20)17-6-8-22-9-7-17/h2-5,12H,6-11H2,1H3. The molecule has 2 heterocycles. The van der Waals surface area contributed by atoms with Gasteiger partial charge in [0.1, 0.15) is 5.75 Å². The number of ether oxygens (including phenoxy) is 1. The molecule has 2 fully saturated rings. The summed E-state index contributed by atoms with van der Waals surface area (Å²) in [6.07, 6.45) is 0.314. The Labute approximate surface area is 134 Å². The molecule has 118 valence electrons. The molecule has 1 aromatic carbocycles.